The van der Waals surface area contributed by atoms with Gasteiger partial charge in [0.05, 0.1) is 10.9 Å². The molecule has 2 aromatic heterocycles. The average Bonchev–Trinajstić information content (AvgIpc) is 2.90. The van der Waals surface area contributed by atoms with Gasteiger partial charge in [0.1, 0.15) is 5.82 Å². The Morgan fingerprint density at radius 3 is 2.29 bits per heavy atom. The Bertz CT molecular complexity index is 1580. The van der Waals surface area contributed by atoms with Crippen LogP contribution in [0.15, 0.2) is 87.6 Å². The molecule has 38 heavy (non-hydrogen) atoms. The normalized spacial score (nSPS) is 12.6. The van der Waals surface area contributed by atoms with Crippen LogP contribution in [0.5, 0.6) is 5.88 Å². The lowest BCUT2D eigenvalue weighted by atomic mass is 10.0. The maximum Gasteiger partial charge on any atom is 0.296 e. The molecule has 2 heterocycles. The number of benzene rings is 2. The van der Waals surface area contributed by atoms with Crippen LogP contribution < -0.4 is 5.56 Å². The summed E-state index contributed by atoms with van der Waals surface area (Å²) in [5.41, 5.74) is 2.65. The highest BCUT2D eigenvalue weighted by Gasteiger charge is 2.32. The molecule has 0 fully saturated rings. The van der Waals surface area contributed by atoms with E-state index in [1.54, 1.807) is 24.5 Å². The number of pyridine rings is 1. The molecule has 2 aromatic carbocycles. The zero-order chi connectivity index (χ0) is 27.4. The van der Waals surface area contributed by atoms with Crippen LogP contribution in [0, 0.1) is 12.8 Å². The van der Waals surface area contributed by atoms with Crippen molar-refractivity contribution >= 4 is 9.84 Å². The summed E-state index contributed by atoms with van der Waals surface area (Å²) in [7, 11) is -4.36. The molecule has 0 saturated carbocycles. The third-order valence-electron chi connectivity index (χ3n) is 6.73. The Kier molecular flexibility index (Phi) is 8.11. The van der Waals surface area contributed by atoms with E-state index in [4.69, 9.17) is 0 Å². The molecule has 0 radical (unpaired) electrons. The number of rotatable bonds is 9. The topological polar surface area (TPSA) is 102 Å². The first-order valence-corrected chi connectivity index (χ1v) is 14.3. The summed E-state index contributed by atoms with van der Waals surface area (Å²) in [6.07, 6.45) is 5.15. The second-order valence-electron chi connectivity index (χ2n) is 9.84. The largest absolute Gasteiger partial charge is 0.493 e. The van der Waals surface area contributed by atoms with Crippen molar-refractivity contribution in [3.8, 4) is 17.0 Å². The number of aryl methyl sites for hydroxylation is 2. The molecule has 0 spiro atoms. The second kappa shape index (κ2) is 11.3. The lowest BCUT2D eigenvalue weighted by Crippen LogP contribution is -2.27. The van der Waals surface area contributed by atoms with Crippen molar-refractivity contribution in [2.45, 2.75) is 62.8 Å². The van der Waals surface area contributed by atoms with Gasteiger partial charge >= 0.3 is 0 Å². The quantitative estimate of drug-likeness (QED) is 0.295. The van der Waals surface area contributed by atoms with E-state index in [2.05, 4.69) is 23.8 Å². The number of aromatic hydroxyl groups is 1. The van der Waals surface area contributed by atoms with E-state index in [1.165, 1.54) is 16.7 Å². The minimum absolute atomic E-state index is 0.0867. The van der Waals surface area contributed by atoms with Gasteiger partial charge in [-0.15, -0.1) is 0 Å². The van der Waals surface area contributed by atoms with Gasteiger partial charge in [-0.05, 0) is 66.1 Å². The fourth-order valence-electron chi connectivity index (χ4n) is 4.68. The lowest BCUT2D eigenvalue weighted by molar-refractivity contribution is 0.356. The Labute approximate surface area is 223 Å². The number of sulfone groups is 1. The first-order valence-electron chi connectivity index (χ1n) is 12.8. The van der Waals surface area contributed by atoms with Gasteiger partial charge in [-0.1, -0.05) is 63.2 Å². The maximum absolute atomic E-state index is 13.7. The van der Waals surface area contributed by atoms with Crippen molar-refractivity contribution in [1.29, 1.82) is 0 Å². The van der Waals surface area contributed by atoms with E-state index in [1.807, 2.05) is 50.2 Å². The van der Waals surface area contributed by atoms with Gasteiger partial charge in [0.25, 0.3) is 5.56 Å². The van der Waals surface area contributed by atoms with Crippen molar-refractivity contribution in [2.24, 2.45) is 5.92 Å². The van der Waals surface area contributed by atoms with Gasteiger partial charge in [-0.2, -0.15) is 4.98 Å². The van der Waals surface area contributed by atoms with E-state index in [-0.39, 0.29) is 4.90 Å². The number of hydrogen-bond donors (Lipinski definition) is 1. The van der Waals surface area contributed by atoms with Crippen LogP contribution in [0.2, 0.25) is 0 Å². The highest BCUT2D eigenvalue weighted by Crippen LogP contribution is 2.34. The third kappa shape index (κ3) is 5.41. The molecule has 198 valence electrons. The van der Waals surface area contributed by atoms with E-state index in [0.717, 1.165) is 28.7 Å². The van der Waals surface area contributed by atoms with E-state index in [0.29, 0.717) is 24.6 Å². The Morgan fingerprint density at radius 1 is 1.00 bits per heavy atom. The smallest absolute Gasteiger partial charge is 0.296 e. The average molecular weight is 532 g/mol. The van der Waals surface area contributed by atoms with Gasteiger partial charge in [0, 0.05) is 18.8 Å². The fraction of sp³-hybridized carbons (Fsp3) is 0.300. The molecule has 4 aromatic rings. The van der Waals surface area contributed by atoms with E-state index >= 15 is 0 Å². The van der Waals surface area contributed by atoms with Crippen LogP contribution in [-0.2, 0) is 16.3 Å². The number of aromatic nitrogens is 3. The molecule has 8 heteroatoms. The lowest BCUT2D eigenvalue weighted by Gasteiger charge is -2.25. The summed E-state index contributed by atoms with van der Waals surface area (Å²) >= 11 is 0. The van der Waals surface area contributed by atoms with Crippen LogP contribution in [0.25, 0.3) is 11.1 Å². The summed E-state index contributed by atoms with van der Waals surface area (Å²) in [5.74, 6) is 0.137. The molecule has 0 unspecified atom stereocenters. The minimum atomic E-state index is -4.36. The molecular weight excluding hydrogens is 498 g/mol. The zero-order valence-corrected chi connectivity index (χ0v) is 22.9. The SMILES string of the molecule is CC[C@@H](c1ccccc1)n1c(CCC(C)C)nc(=O)c(S(=O)(=O)c2ccc(-c3ccncc3C)cc2)c1O. The first-order chi connectivity index (χ1) is 18.1. The standard InChI is InChI=1S/C30H33N3O4S/c1-5-26(23-9-7-6-8-10-23)33-27(16-11-20(2)3)32-29(34)28(30(33)35)38(36,37)24-14-12-22(13-15-24)25-17-18-31-19-21(25)4/h6-10,12-15,17-20,26,35H,5,11,16H2,1-4H3/t26-/m0/s1. The summed E-state index contributed by atoms with van der Waals surface area (Å²) in [4.78, 5) is 20.7. The Hall–Kier alpha value is -3.78. The van der Waals surface area contributed by atoms with Crippen LogP contribution in [0.3, 0.4) is 0 Å². The summed E-state index contributed by atoms with van der Waals surface area (Å²) in [5, 5.41) is 11.5. The summed E-state index contributed by atoms with van der Waals surface area (Å²) in [6, 6.07) is 17.3. The fourth-order valence-corrected chi connectivity index (χ4v) is 6.02. The van der Waals surface area contributed by atoms with E-state index < -0.39 is 32.2 Å². The molecule has 4 rings (SSSR count). The Balaban J connectivity index is 1.86. The molecular formula is C30H33N3O4S. The number of hydrogen-bond acceptors (Lipinski definition) is 6. The first kappa shape index (κ1) is 27.3. The van der Waals surface area contributed by atoms with E-state index in [9.17, 15) is 18.3 Å². The molecule has 0 amide bonds. The van der Waals surface area contributed by atoms with Crippen molar-refractivity contribution < 1.29 is 13.5 Å². The van der Waals surface area contributed by atoms with Gasteiger partial charge in [0.15, 0.2) is 4.90 Å². The van der Waals surface area contributed by atoms with Crippen LogP contribution >= 0.6 is 0 Å². The summed E-state index contributed by atoms with van der Waals surface area (Å²) in [6.45, 7) is 8.01. The van der Waals surface area contributed by atoms with Gasteiger partial charge in [-0.3, -0.25) is 14.3 Å². The molecule has 7 nitrogen and oxygen atoms in total. The van der Waals surface area contributed by atoms with Crippen molar-refractivity contribution in [3.63, 3.8) is 0 Å². The molecule has 1 atom stereocenters. The van der Waals surface area contributed by atoms with Crippen molar-refractivity contribution in [1.82, 2.24) is 14.5 Å². The molecule has 0 bridgehead atoms. The zero-order valence-electron chi connectivity index (χ0n) is 22.1. The predicted molar refractivity (Wildman–Crippen MR) is 148 cm³/mol. The van der Waals surface area contributed by atoms with Gasteiger partial charge in [0.2, 0.25) is 15.7 Å². The Morgan fingerprint density at radius 2 is 1.68 bits per heavy atom. The molecule has 0 aliphatic heterocycles. The molecule has 1 N–H and O–H groups in total. The highest BCUT2D eigenvalue weighted by molar-refractivity contribution is 7.91. The maximum atomic E-state index is 13.7. The van der Waals surface area contributed by atoms with Crippen molar-refractivity contribution in [3.05, 3.63) is 100 Å². The molecule has 0 saturated heterocycles. The van der Waals surface area contributed by atoms with Crippen LogP contribution in [0.1, 0.15) is 56.6 Å². The number of nitrogens with zero attached hydrogens (tertiary/aromatic N) is 3. The highest BCUT2D eigenvalue weighted by atomic mass is 32.2. The van der Waals surface area contributed by atoms with Crippen LogP contribution in [0.4, 0.5) is 0 Å². The third-order valence-corrected chi connectivity index (χ3v) is 8.51. The minimum Gasteiger partial charge on any atom is -0.493 e. The van der Waals surface area contributed by atoms with Crippen molar-refractivity contribution in [2.75, 3.05) is 0 Å². The monoisotopic (exact) mass is 531 g/mol. The molecule has 0 aliphatic carbocycles. The predicted octanol–water partition coefficient (Wildman–Crippen LogP) is 5.74. The van der Waals surface area contributed by atoms with Gasteiger partial charge < -0.3 is 5.11 Å². The molecule has 0 aliphatic rings. The summed E-state index contributed by atoms with van der Waals surface area (Å²) < 4.78 is 29.0. The second-order valence-corrected chi connectivity index (χ2v) is 11.7. The van der Waals surface area contributed by atoms with Crippen LogP contribution in [-0.4, -0.2) is 28.1 Å². The van der Waals surface area contributed by atoms with Gasteiger partial charge in [-0.25, -0.2) is 8.42 Å².